The van der Waals surface area contributed by atoms with Crippen molar-refractivity contribution in [2.75, 3.05) is 59.7 Å². The zero-order valence-corrected chi connectivity index (χ0v) is 14.2. The Hall–Kier alpha value is -1.87. The van der Waals surface area contributed by atoms with Crippen LogP contribution in [0.5, 0.6) is 0 Å². The molecule has 0 saturated carbocycles. The molecular weight excluding hydrogens is 314 g/mol. The third-order valence-corrected chi connectivity index (χ3v) is 3.92. The van der Waals surface area contributed by atoms with Crippen LogP contribution in [0.4, 0.5) is 4.79 Å². The summed E-state index contributed by atoms with van der Waals surface area (Å²) in [6, 6.07) is -0.338. The van der Waals surface area contributed by atoms with Crippen LogP contribution in [0.25, 0.3) is 0 Å². The quantitative estimate of drug-likeness (QED) is 0.218. The smallest absolute Gasteiger partial charge is 0.324 e. The standard InChI is InChI=1S/C15H27N5O4/c1-16-14(18-5-6-20-13(21)9-19-15(20)22)17-4-2-7-23-10-12-3-8-24-11-12/h12H,2-11H2,1H3,(H,19,22)(H2,16,17,18). The van der Waals surface area contributed by atoms with Gasteiger partial charge >= 0.3 is 6.03 Å². The SMILES string of the molecule is CN=C(NCCCOCC1CCOC1)NCCN1C(=O)CNC1=O. The number of nitrogens with zero attached hydrogens (tertiary/aromatic N) is 2. The van der Waals surface area contributed by atoms with Gasteiger partial charge in [-0.15, -0.1) is 0 Å². The molecule has 2 saturated heterocycles. The Labute approximate surface area is 142 Å². The molecule has 9 nitrogen and oxygen atoms in total. The molecule has 0 bridgehead atoms. The largest absolute Gasteiger partial charge is 0.381 e. The Bertz CT molecular complexity index is 435. The molecule has 2 fully saturated rings. The minimum absolute atomic E-state index is 0.0821. The minimum Gasteiger partial charge on any atom is -0.381 e. The number of guanidine groups is 1. The number of carbonyl (C=O) groups is 2. The van der Waals surface area contributed by atoms with Gasteiger partial charge in [0.15, 0.2) is 5.96 Å². The fraction of sp³-hybridized carbons (Fsp3) is 0.800. The Morgan fingerprint density at radius 3 is 2.92 bits per heavy atom. The molecule has 3 N–H and O–H groups in total. The van der Waals surface area contributed by atoms with Gasteiger partial charge in [0.2, 0.25) is 5.91 Å². The van der Waals surface area contributed by atoms with Gasteiger partial charge in [-0.2, -0.15) is 0 Å². The van der Waals surface area contributed by atoms with Crippen molar-refractivity contribution in [3.05, 3.63) is 0 Å². The van der Waals surface area contributed by atoms with Gasteiger partial charge in [-0.25, -0.2) is 4.79 Å². The van der Waals surface area contributed by atoms with Gasteiger partial charge in [-0.3, -0.25) is 14.7 Å². The van der Waals surface area contributed by atoms with E-state index in [1.54, 1.807) is 7.05 Å². The van der Waals surface area contributed by atoms with E-state index < -0.39 is 0 Å². The third kappa shape index (κ3) is 5.97. The van der Waals surface area contributed by atoms with Crippen LogP contribution in [0.1, 0.15) is 12.8 Å². The summed E-state index contributed by atoms with van der Waals surface area (Å²) in [5.41, 5.74) is 0. The lowest BCUT2D eigenvalue weighted by Crippen LogP contribution is -2.43. The molecule has 1 atom stereocenters. The molecule has 0 spiro atoms. The number of amides is 3. The molecule has 1 unspecified atom stereocenters. The lowest BCUT2D eigenvalue weighted by molar-refractivity contribution is -0.124. The Balaban J connectivity index is 1.49. The predicted molar refractivity (Wildman–Crippen MR) is 88.8 cm³/mol. The van der Waals surface area contributed by atoms with Crippen molar-refractivity contribution in [2.45, 2.75) is 12.8 Å². The minimum atomic E-state index is -0.338. The van der Waals surface area contributed by atoms with Gasteiger partial charge in [0.1, 0.15) is 0 Å². The second-order valence-electron chi connectivity index (χ2n) is 5.79. The van der Waals surface area contributed by atoms with Crippen molar-refractivity contribution >= 4 is 17.9 Å². The van der Waals surface area contributed by atoms with Gasteiger partial charge in [0, 0.05) is 45.8 Å². The number of aliphatic imine (C=N–C) groups is 1. The summed E-state index contributed by atoms with van der Waals surface area (Å²) < 4.78 is 10.9. The molecule has 0 aromatic heterocycles. The summed E-state index contributed by atoms with van der Waals surface area (Å²) in [5.74, 6) is 0.985. The van der Waals surface area contributed by atoms with Crippen LogP contribution < -0.4 is 16.0 Å². The second kappa shape index (κ2) is 10.1. The highest BCUT2D eigenvalue weighted by Gasteiger charge is 2.27. The van der Waals surface area contributed by atoms with E-state index in [0.29, 0.717) is 31.6 Å². The molecule has 2 heterocycles. The van der Waals surface area contributed by atoms with Crippen molar-refractivity contribution < 1.29 is 19.1 Å². The maximum atomic E-state index is 11.4. The number of nitrogens with one attached hydrogen (secondary N) is 3. The number of carbonyl (C=O) groups excluding carboxylic acids is 2. The van der Waals surface area contributed by atoms with Crippen LogP contribution in [0, 0.1) is 5.92 Å². The zero-order valence-electron chi connectivity index (χ0n) is 14.2. The van der Waals surface area contributed by atoms with E-state index in [1.807, 2.05) is 0 Å². The van der Waals surface area contributed by atoms with Gasteiger partial charge in [0.05, 0.1) is 19.8 Å². The topological polar surface area (TPSA) is 104 Å². The fourth-order valence-corrected chi connectivity index (χ4v) is 2.53. The zero-order chi connectivity index (χ0) is 17.2. The highest BCUT2D eigenvalue weighted by atomic mass is 16.5. The molecule has 2 rings (SSSR count). The molecule has 0 aromatic rings. The van der Waals surface area contributed by atoms with Crippen molar-refractivity contribution in [1.82, 2.24) is 20.9 Å². The van der Waals surface area contributed by atoms with Gasteiger partial charge in [-0.1, -0.05) is 0 Å². The van der Waals surface area contributed by atoms with Crippen LogP contribution in [-0.4, -0.2) is 82.5 Å². The molecule has 3 amide bonds. The van der Waals surface area contributed by atoms with Crippen LogP contribution in [0.3, 0.4) is 0 Å². The molecule has 24 heavy (non-hydrogen) atoms. The number of imide groups is 1. The Morgan fingerprint density at radius 1 is 1.42 bits per heavy atom. The van der Waals surface area contributed by atoms with Crippen LogP contribution in [0.2, 0.25) is 0 Å². The monoisotopic (exact) mass is 341 g/mol. The van der Waals surface area contributed by atoms with Crippen LogP contribution in [-0.2, 0) is 14.3 Å². The molecule has 0 radical (unpaired) electrons. The van der Waals surface area contributed by atoms with E-state index in [-0.39, 0.29) is 18.5 Å². The summed E-state index contributed by atoms with van der Waals surface area (Å²) in [7, 11) is 1.68. The van der Waals surface area contributed by atoms with Crippen LogP contribution >= 0.6 is 0 Å². The van der Waals surface area contributed by atoms with Crippen molar-refractivity contribution in [2.24, 2.45) is 10.9 Å². The van der Waals surface area contributed by atoms with E-state index in [4.69, 9.17) is 9.47 Å². The predicted octanol–water partition coefficient (Wildman–Crippen LogP) is -0.854. The number of urea groups is 1. The van der Waals surface area contributed by atoms with Crippen LogP contribution in [0.15, 0.2) is 4.99 Å². The van der Waals surface area contributed by atoms with E-state index in [1.165, 1.54) is 4.90 Å². The normalized spacial score (nSPS) is 21.3. The number of rotatable bonds is 9. The number of hydrogen-bond acceptors (Lipinski definition) is 5. The van der Waals surface area contributed by atoms with E-state index in [0.717, 1.165) is 39.2 Å². The lowest BCUT2D eigenvalue weighted by atomic mass is 10.1. The van der Waals surface area contributed by atoms with E-state index in [9.17, 15) is 9.59 Å². The number of ether oxygens (including phenoxy) is 2. The fourth-order valence-electron chi connectivity index (χ4n) is 2.53. The highest BCUT2D eigenvalue weighted by Crippen LogP contribution is 2.12. The Kier molecular flexibility index (Phi) is 7.76. The van der Waals surface area contributed by atoms with Gasteiger partial charge in [-0.05, 0) is 12.8 Å². The maximum Gasteiger partial charge on any atom is 0.324 e. The summed E-state index contributed by atoms with van der Waals surface area (Å²) >= 11 is 0. The summed E-state index contributed by atoms with van der Waals surface area (Å²) in [4.78, 5) is 28.1. The Morgan fingerprint density at radius 2 is 2.25 bits per heavy atom. The first-order valence-electron chi connectivity index (χ1n) is 8.39. The number of hydrogen-bond donors (Lipinski definition) is 3. The van der Waals surface area contributed by atoms with Crippen molar-refractivity contribution in [3.63, 3.8) is 0 Å². The average Bonchev–Trinajstić information content (AvgIpc) is 3.20. The van der Waals surface area contributed by atoms with E-state index in [2.05, 4.69) is 20.9 Å². The summed E-state index contributed by atoms with van der Waals surface area (Å²) in [6.45, 7) is 4.72. The molecule has 0 aliphatic carbocycles. The van der Waals surface area contributed by atoms with Gasteiger partial charge in [0.25, 0.3) is 0 Å². The molecule has 2 aliphatic heterocycles. The first kappa shape index (κ1) is 18.5. The molecule has 136 valence electrons. The summed E-state index contributed by atoms with van der Waals surface area (Å²) in [6.07, 6.45) is 1.97. The van der Waals surface area contributed by atoms with E-state index >= 15 is 0 Å². The first-order chi connectivity index (χ1) is 11.7. The highest BCUT2D eigenvalue weighted by molar-refractivity contribution is 6.01. The first-order valence-corrected chi connectivity index (χ1v) is 8.39. The second-order valence-corrected chi connectivity index (χ2v) is 5.79. The van der Waals surface area contributed by atoms with Crippen molar-refractivity contribution in [1.29, 1.82) is 0 Å². The van der Waals surface area contributed by atoms with Gasteiger partial charge < -0.3 is 25.4 Å². The molecule has 0 aromatic carbocycles. The molecule has 9 heteroatoms. The third-order valence-electron chi connectivity index (χ3n) is 3.92. The maximum absolute atomic E-state index is 11.4. The lowest BCUT2D eigenvalue weighted by Gasteiger charge is -2.15. The average molecular weight is 341 g/mol. The summed E-state index contributed by atoms with van der Waals surface area (Å²) in [5, 5.41) is 8.74. The van der Waals surface area contributed by atoms with Crippen molar-refractivity contribution in [3.8, 4) is 0 Å². The molecular formula is C15H27N5O4. The molecule has 2 aliphatic rings.